The molecule has 0 radical (unpaired) electrons. The van der Waals surface area contributed by atoms with E-state index in [1.807, 2.05) is 19.2 Å². The fourth-order valence-electron chi connectivity index (χ4n) is 1.88. The van der Waals surface area contributed by atoms with Crippen LogP contribution >= 0.6 is 11.8 Å². The lowest BCUT2D eigenvalue weighted by molar-refractivity contribution is -0.140. The van der Waals surface area contributed by atoms with Crippen LogP contribution in [-0.4, -0.2) is 55.5 Å². The molecule has 2 amide bonds. The lowest BCUT2D eigenvalue weighted by Gasteiger charge is -2.23. The first kappa shape index (κ1) is 13.7. The van der Waals surface area contributed by atoms with Crippen LogP contribution in [0.4, 0.5) is 4.79 Å². The Labute approximate surface area is 115 Å². The monoisotopic (exact) mass is 284 g/mol. The molecule has 1 aliphatic heterocycles. The predicted octanol–water partition coefficient (Wildman–Crippen LogP) is 0.441. The molecule has 1 aromatic heterocycles. The van der Waals surface area contributed by atoms with Gasteiger partial charge in [-0.05, 0) is 13.0 Å². The minimum atomic E-state index is -0.958. The number of nitrogens with one attached hydrogen (secondary N) is 1. The van der Waals surface area contributed by atoms with Crippen LogP contribution in [-0.2, 0) is 11.3 Å². The van der Waals surface area contributed by atoms with E-state index >= 15 is 0 Å². The van der Waals surface area contributed by atoms with Crippen molar-refractivity contribution in [2.45, 2.75) is 25.6 Å². The van der Waals surface area contributed by atoms with Crippen molar-refractivity contribution in [1.82, 2.24) is 20.0 Å². The average Bonchev–Trinajstić information content (AvgIpc) is 2.97. The van der Waals surface area contributed by atoms with Crippen molar-refractivity contribution in [3.8, 4) is 0 Å². The number of hydrogen-bond donors (Lipinski definition) is 2. The molecule has 8 heteroatoms. The topological polar surface area (TPSA) is 87.5 Å². The van der Waals surface area contributed by atoms with Crippen LogP contribution in [0.25, 0.3) is 0 Å². The number of amides is 2. The van der Waals surface area contributed by atoms with Gasteiger partial charge in [-0.3, -0.25) is 4.68 Å². The number of hydrogen-bond acceptors (Lipinski definition) is 4. The van der Waals surface area contributed by atoms with Crippen molar-refractivity contribution >= 4 is 23.8 Å². The first-order chi connectivity index (χ1) is 9.08. The van der Waals surface area contributed by atoms with Gasteiger partial charge in [0.2, 0.25) is 0 Å². The molecule has 1 aromatic rings. The number of thioether (sulfide) groups is 1. The van der Waals surface area contributed by atoms with Crippen molar-refractivity contribution in [2.24, 2.45) is 0 Å². The molecule has 2 rings (SSSR count). The van der Waals surface area contributed by atoms with Crippen LogP contribution in [0.3, 0.4) is 0 Å². The van der Waals surface area contributed by atoms with Crippen LogP contribution in [0.15, 0.2) is 18.5 Å². The predicted molar refractivity (Wildman–Crippen MR) is 70.8 cm³/mol. The number of nitrogens with zero attached hydrogens (tertiary/aromatic N) is 3. The van der Waals surface area contributed by atoms with Crippen LogP contribution in [0.2, 0.25) is 0 Å². The number of aromatic nitrogens is 2. The van der Waals surface area contributed by atoms with Crippen molar-refractivity contribution in [2.75, 3.05) is 11.6 Å². The molecule has 2 heterocycles. The van der Waals surface area contributed by atoms with Gasteiger partial charge < -0.3 is 15.3 Å². The summed E-state index contributed by atoms with van der Waals surface area (Å²) in [7, 11) is 0. The van der Waals surface area contributed by atoms with Crippen molar-refractivity contribution < 1.29 is 14.7 Å². The molecule has 0 bridgehead atoms. The molecule has 1 aliphatic rings. The first-order valence-corrected chi connectivity index (χ1v) is 7.08. The minimum absolute atomic E-state index is 0.118. The summed E-state index contributed by atoms with van der Waals surface area (Å²) in [5, 5.41) is 15.9. The highest BCUT2D eigenvalue weighted by Crippen LogP contribution is 2.20. The van der Waals surface area contributed by atoms with Gasteiger partial charge in [-0.15, -0.1) is 11.8 Å². The van der Waals surface area contributed by atoms with Gasteiger partial charge >= 0.3 is 12.0 Å². The van der Waals surface area contributed by atoms with Gasteiger partial charge in [-0.25, -0.2) is 9.59 Å². The molecule has 1 fully saturated rings. The van der Waals surface area contributed by atoms with Gasteiger partial charge in [0, 0.05) is 24.2 Å². The first-order valence-electron chi connectivity index (χ1n) is 5.93. The summed E-state index contributed by atoms with van der Waals surface area (Å²) in [6.07, 6.45) is 3.49. The van der Waals surface area contributed by atoms with Crippen LogP contribution in [0, 0.1) is 0 Å². The molecule has 104 valence electrons. The summed E-state index contributed by atoms with van der Waals surface area (Å²) >= 11 is 1.45. The van der Waals surface area contributed by atoms with E-state index < -0.39 is 12.0 Å². The van der Waals surface area contributed by atoms with Crippen LogP contribution in [0.1, 0.15) is 6.92 Å². The molecule has 0 aliphatic carbocycles. The summed E-state index contributed by atoms with van der Waals surface area (Å²) in [5.41, 5.74) is 0. The number of carboxylic acids is 1. The van der Waals surface area contributed by atoms with Crippen LogP contribution in [0.5, 0.6) is 0 Å². The van der Waals surface area contributed by atoms with Gasteiger partial charge in [0.05, 0.1) is 12.4 Å². The third-order valence-electron chi connectivity index (χ3n) is 2.82. The van der Waals surface area contributed by atoms with E-state index in [9.17, 15) is 9.59 Å². The molecule has 2 atom stereocenters. The van der Waals surface area contributed by atoms with Gasteiger partial charge in [0.25, 0.3) is 0 Å². The van der Waals surface area contributed by atoms with Crippen molar-refractivity contribution in [3.63, 3.8) is 0 Å². The number of rotatable bonds is 4. The fourth-order valence-corrected chi connectivity index (χ4v) is 3.02. The normalized spacial score (nSPS) is 20.3. The Morgan fingerprint density at radius 3 is 3.05 bits per heavy atom. The van der Waals surface area contributed by atoms with Gasteiger partial charge in [-0.1, -0.05) is 0 Å². The smallest absolute Gasteiger partial charge is 0.327 e. The molecular formula is C11H16N4O3S. The second-order valence-electron chi connectivity index (χ2n) is 4.40. The minimum Gasteiger partial charge on any atom is -0.480 e. The maximum atomic E-state index is 12.0. The third-order valence-corrected chi connectivity index (χ3v) is 3.83. The third kappa shape index (κ3) is 3.40. The molecule has 2 unspecified atom stereocenters. The maximum Gasteiger partial charge on any atom is 0.327 e. The van der Waals surface area contributed by atoms with Crippen molar-refractivity contribution in [3.05, 3.63) is 18.5 Å². The second-order valence-corrected chi connectivity index (χ2v) is 5.40. The quantitative estimate of drug-likeness (QED) is 0.837. The van der Waals surface area contributed by atoms with E-state index in [1.54, 1.807) is 10.9 Å². The Bertz CT molecular complexity index is 451. The highest BCUT2D eigenvalue weighted by molar-refractivity contribution is 7.99. The molecule has 19 heavy (non-hydrogen) atoms. The van der Waals surface area contributed by atoms with Crippen molar-refractivity contribution in [1.29, 1.82) is 0 Å². The number of urea groups is 1. The van der Waals surface area contributed by atoms with Gasteiger partial charge in [-0.2, -0.15) is 5.10 Å². The number of carboxylic acid groups (broad SMARTS) is 1. The van der Waals surface area contributed by atoms with E-state index in [0.717, 1.165) is 0 Å². The molecular weight excluding hydrogens is 268 g/mol. The molecule has 0 saturated carbocycles. The molecule has 7 nitrogen and oxygen atoms in total. The zero-order chi connectivity index (χ0) is 13.8. The van der Waals surface area contributed by atoms with E-state index in [4.69, 9.17) is 5.11 Å². The highest BCUT2D eigenvalue weighted by atomic mass is 32.2. The Hall–Kier alpha value is -1.70. The Morgan fingerprint density at radius 2 is 2.42 bits per heavy atom. The Balaban J connectivity index is 1.88. The van der Waals surface area contributed by atoms with E-state index in [2.05, 4.69) is 10.4 Å². The molecule has 0 spiro atoms. The SMILES string of the molecule is CC(Cn1cccn1)NC(=O)N1CSCC1C(=O)O. The lowest BCUT2D eigenvalue weighted by Crippen LogP contribution is -2.49. The number of carbonyl (C=O) groups excluding carboxylic acids is 1. The van der Waals surface area contributed by atoms with E-state index in [0.29, 0.717) is 18.2 Å². The standard InChI is InChI=1S/C11H16N4O3S/c1-8(5-14-4-2-3-12-14)13-11(18)15-7-19-6-9(15)10(16)17/h2-4,8-9H,5-7H2,1H3,(H,13,18)(H,16,17). The van der Waals surface area contributed by atoms with Gasteiger partial charge in [0.1, 0.15) is 6.04 Å². The zero-order valence-electron chi connectivity index (χ0n) is 10.5. The largest absolute Gasteiger partial charge is 0.480 e. The zero-order valence-corrected chi connectivity index (χ0v) is 11.3. The average molecular weight is 284 g/mol. The fraction of sp³-hybridized carbons (Fsp3) is 0.545. The lowest BCUT2D eigenvalue weighted by atomic mass is 10.3. The number of carbonyl (C=O) groups is 2. The Morgan fingerprint density at radius 1 is 1.63 bits per heavy atom. The molecule has 1 saturated heterocycles. The molecule has 0 aromatic carbocycles. The van der Waals surface area contributed by atoms with Gasteiger partial charge in [0.15, 0.2) is 0 Å². The summed E-state index contributed by atoms with van der Waals surface area (Å²) in [6.45, 7) is 2.41. The van der Waals surface area contributed by atoms with Crippen LogP contribution < -0.4 is 5.32 Å². The second kappa shape index (κ2) is 5.96. The van der Waals surface area contributed by atoms with E-state index in [1.165, 1.54) is 16.7 Å². The number of aliphatic carboxylic acids is 1. The summed E-state index contributed by atoms with van der Waals surface area (Å²) < 4.78 is 1.72. The highest BCUT2D eigenvalue weighted by Gasteiger charge is 2.34. The summed E-state index contributed by atoms with van der Waals surface area (Å²) in [6, 6.07) is 0.623. The Kier molecular flexibility index (Phi) is 4.31. The van der Waals surface area contributed by atoms with E-state index in [-0.39, 0.29) is 12.1 Å². The summed E-state index contributed by atoms with van der Waals surface area (Å²) in [5.74, 6) is -0.104. The maximum absolute atomic E-state index is 12.0. The molecule has 2 N–H and O–H groups in total. The summed E-state index contributed by atoms with van der Waals surface area (Å²) in [4.78, 5) is 24.4.